The minimum absolute atomic E-state index is 0.00907. The zero-order valence-electron chi connectivity index (χ0n) is 26.4. The van der Waals surface area contributed by atoms with Gasteiger partial charge in [-0.1, -0.05) is 31.6 Å². The molecule has 0 aromatic heterocycles. The Morgan fingerprint density at radius 2 is 1.69 bits per heavy atom. The fourth-order valence-corrected chi connectivity index (χ4v) is 9.05. The van der Waals surface area contributed by atoms with Crippen LogP contribution in [0.25, 0.3) is 0 Å². The number of carbonyl (C=O) groups excluding carboxylic acids is 4. The van der Waals surface area contributed by atoms with Gasteiger partial charge in [-0.3, -0.25) is 19.2 Å². The number of carbonyl (C=O) groups is 5. The minimum Gasteiger partial charge on any atom is -0.497 e. The SMILES string of the molecule is COc1ccc(CC(NC(=O)CCC(=O)OCC(=O)C2(O)CCC3C4CCC5=CC(=O)CCC5(C)C4CCC32C)C(=O)O)cc1. The summed E-state index contributed by atoms with van der Waals surface area (Å²) in [5, 5.41) is 23.9. The molecule has 244 valence electrons. The number of fused-ring (bicyclic) bond motifs is 5. The lowest BCUT2D eigenvalue weighted by atomic mass is 9.46. The van der Waals surface area contributed by atoms with Gasteiger partial charge in [-0.05, 0) is 91.9 Å². The minimum atomic E-state index is -1.60. The van der Waals surface area contributed by atoms with E-state index in [-0.39, 0.29) is 36.4 Å². The summed E-state index contributed by atoms with van der Waals surface area (Å²) in [6, 6.07) is 5.64. The van der Waals surface area contributed by atoms with E-state index >= 15 is 0 Å². The summed E-state index contributed by atoms with van der Waals surface area (Å²) in [5.41, 5.74) is -0.277. The monoisotopic (exact) mass is 623 g/mol. The Bertz CT molecular complexity index is 1390. The van der Waals surface area contributed by atoms with Gasteiger partial charge in [-0.15, -0.1) is 0 Å². The van der Waals surface area contributed by atoms with Crippen LogP contribution in [0.4, 0.5) is 0 Å². The van der Waals surface area contributed by atoms with Crippen LogP contribution in [0.1, 0.15) is 83.6 Å². The highest BCUT2D eigenvalue weighted by atomic mass is 16.5. The number of aliphatic carboxylic acids is 1. The first kappa shape index (κ1) is 32.9. The van der Waals surface area contributed by atoms with Gasteiger partial charge >= 0.3 is 11.9 Å². The molecule has 0 saturated heterocycles. The highest BCUT2D eigenvalue weighted by molar-refractivity contribution is 5.92. The highest BCUT2D eigenvalue weighted by Crippen LogP contribution is 2.67. The number of allylic oxidation sites excluding steroid dienone is 1. The molecule has 0 aliphatic heterocycles. The Morgan fingerprint density at radius 1 is 0.978 bits per heavy atom. The third kappa shape index (κ3) is 6.18. The fraction of sp³-hybridized carbons (Fsp3) is 0.629. The standard InChI is InChI=1S/C35H45NO9/c1-33-15-12-23(37)19-22(33)6-9-25-26(33)13-16-34(2)27(25)14-17-35(34,43)29(38)20-45-31(40)11-10-30(39)36-28(32(41)42)18-21-4-7-24(44-3)8-5-21/h4-5,7-8,19,25-28,43H,6,9-18,20H2,1-3H3,(H,36,39)(H,41,42). The Balaban J connectivity index is 1.12. The van der Waals surface area contributed by atoms with Gasteiger partial charge in [0.15, 0.2) is 12.4 Å². The van der Waals surface area contributed by atoms with Crippen LogP contribution in [0, 0.1) is 28.6 Å². The van der Waals surface area contributed by atoms with Crippen molar-refractivity contribution in [2.45, 2.75) is 96.1 Å². The van der Waals surface area contributed by atoms with Gasteiger partial charge < -0.3 is 25.0 Å². The summed E-state index contributed by atoms with van der Waals surface area (Å²) in [6.07, 6.45) is 7.17. The maximum Gasteiger partial charge on any atom is 0.326 e. The number of carboxylic acid groups (broad SMARTS) is 1. The Kier molecular flexibility index (Phi) is 9.27. The number of esters is 1. The Morgan fingerprint density at radius 3 is 2.38 bits per heavy atom. The molecule has 7 unspecified atom stereocenters. The van der Waals surface area contributed by atoms with Crippen LogP contribution in [-0.2, 0) is 35.1 Å². The second kappa shape index (κ2) is 12.7. The van der Waals surface area contributed by atoms with Gasteiger partial charge in [0.05, 0.1) is 13.5 Å². The van der Waals surface area contributed by atoms with Crippen molar-refractivity contribution < 1.29 is 43.7 Å². The molecule has 4 aliphatic rings. The summed E-state index contributed by atoms with van der Waals surface area (Å²) in [7, 11) is 1.53. The van der Waals surface area contributed by atoms with Crippen molar-refractivity contribution in [1.29, 1.82) is 0 Å². The highest BCUT2D eigenvalue weighted by Gasteiger charge is 2.66. The Labute approximate surface area is 263 Å². The van der Waals surface area contributed by atoms with E-state index < -0.39 is 47.3 Å². The molecule has 0 radical (unpaired) electrons. The maximum absolute atomic E-state index is 13.5. The fourth-order valence-electron chi connectivity index (χ4n) is 9.05. The molecular weight excluding hydrogens is 578 g/mol. The van der Waals surface area contributed by atoms with E-state index in [1.807, 2.05) is 13.0 Å². The predicted molar refractivity (Wildman–Crippen MR) is 163 cm³/mol. The summed E-state index contributed by atoms with van der Waals surface area (Å²) < 4.78 is 10.3. The van der Waals surface area contributed by atoms with Gasteiger partial charge in [0.2, 0.25) is 11.7 Å². The lowest BCUT2D eigenvalue weighted by Crippen LogP contribution is -2.58. The number of Topliss-reactive ketones (excluding diaryl/α,β-unsaturated/α-hetero) is 1. The van der Waals surface area contributed by atoms with Crippen LogP contribution in [0.15, 0.2) is 35.9 Å². The van der Waals surface area contributed by atoms with Crippen molar-refractivity contribution in [3.63, 3.8) is 0 Å². The Hall–Kier alpha value is -3.53. The van der Waals surface area contributed by atoms with E-state index in [1.54, 1.807) is 24.3 Å². The first-order chi connectivity index (χ1) is 21.3. The molecular formula is C35H45NO9. The number of benzene rings is 1. The zero-order valence-corrected chi connectivity index (χ0v) is 26.4. The van der Waals surface area contributed by atoms with Crippen molar-refractivity contribution in [2.75, 3.05) is 13.7 Å². The van der Waals surface area contributed by atoms with Gasteiger partial charge in [-0.25, -0.2) is 4.79 Å². The molecule has 0 bridgehead atoms. The molecule has 0 spiro atoms. The number of amides is 1. The summed E-state index contributed by atoms with van der Waals surface area (Å²) in [4.78, 5) is 62.3. The van der Waals surface area contributed by atoms with Crippen LogP contribution in [0.5, 0.6) is 5.75 Å². The summed E-state index contributed by atoms with van der Waals surface area (Å²) >= 11 is 0. The smallest absolute Gasteiger partial charge is 0.326 e. The average molecular weight is 624 g/mol. The summed E-state index contributed by atoms with van der Waals surface area (Å²) in [6.45, 7) is 3.72. The summed E-state index contributed by atoms with van der Waals surface area (Å²) in [5.74, 6) is -1.31. The molecule has 10 heteroatoms. The van der Waals surface area contributed by atoms with Gasteiger partial charge in [0.1, 0.15) is 17.4 Å². The number of hydrogen-bond donors (Lipinski definition) is 3. The van der Waals surface area contributed by atoms with Crippen molar-refractivity contribution in [2.24, 2.45) is 28.6 Å². The van der Waals surface area contributed by atoms with E-state index in [0.29, 0.717) is 42.4 Å². The number of aliphatic hydroxyl groups is 1. The van der Waals surface area contributed by atoms with E-state index in [1.165, 1.54) is 12.7 Å². The van der Waals surface area contributed by atoms with E-state index in [4.69, 9.17) is 9.47 Å². The normalized spacial score (nSPS) is 32.7. The third-order valence-electron chi connectivity index (χ3n) is 11.7. The lowest BCUT2D eigenvalue weighted by molar-refractivity contribution is -0.170. The molecule has 5 rings (SSSR count). The topological polar surface area (TPSA) is 156 Å². The zero-order chi connectivity index (χ0) is 32.6. The number of ketones is 2. The van der Waals surface area contributed by atoms with Crippen LogP contribution in [0.3, 0.4) is 0 Å². The molecule has 7 atom stereocenters. The molecule has 0 heterocycles. The first-order valence-corrected chi connectivity index (χ1v) is 16.1. The van der Waals surface area contributed by atoms with E-state index in [2.05, 4.69) is 12.2 Å². The molecule has 3 fully saturated rings. The number of ether oxygens (including phenoxy) is 2. The second-order valence-corrected chi connectivity index (χ2v) is 13.9. The van der Waals surface area contributed by atoms with Crippen LogP contribution in [0.2, 0.25) is 0 Å². The van der Waals surface area contributed by atoms with Crippen LogP contribution < -0.4 is 10.1 Å². The van der Waals surface area contributed by atoms with Gasteiger partial charge in [0, 0.05) is 24.7 Å². The molecule has 1 amide bonds. The second-order valence-electron chi connectivity index (χ2n) is 13.9. The van der Waals surface area contributed by atoms with Crippen molar-refractivity contribution >= 4 is 29.4 Å². The number of hydrogen-bond acceptors (Lipinski definition) is 8. The number of rotatable bonds is 11. The van der Waals surface area contributed by atoms with Gasteiger partial charge in [-0.2, -0.15) is 0 Å². The largest absolute Gasteiger partial charge is 0.497 e. The van der Waals surface area contributed by atoms with E-state index in [0.717, 1.165) is 32.1 Å². The molecule has 45 heavy (non-hydrogen) atoms. The lowest BCUT2D eigenvalue weighted by Gasteiger charge is -2.58. The molecule has 4 aliphatic carbocycles. The number of carboxylic acids is 1. The first-order valence-electron chi connectivity index (χ1n) is 16.1. The molecule has 3 N–H and O–H groups in total. The van der Waals surface area contributed by atoms with Crippen molar-refractivity contribution in [3.05, 3.63) is 41.5 Å². The number of nitrogens with one attached hydrogen (secondary N) is 1. The maximum atomic E-state index is 13.5. The third-order valence-corrected chi connectivity index (χ3v) is 11.7. The predicted octanol–water partition coefficient (Wildman–Crippen LogP) is 3.96. The molecule has 10 nitrogen and oxygen atoms in total. The quantitative estimate of drug-likeness (QED) is 0.311. The van der Waals surface area contributed by atoms with Crippen molar-refractivity contribution in [3.8, 4) is 5.75 Å². The van der Waals surface area contributed by atoms with Crippen molar-refractivity contribution in [1.82, 2.24) is 5.32 Å². The molecule has 3 saturated carbocycles. The van der Waals surface area contributed by atoms with E-state index in [9.17, 15) is 34.2 Å². The molecule has 1 aromatic rings. The van der Waals surface area contributed by atoms with Crippen LogP contribution >= 0.6 is 0 Å². The average Bonchev–Trinajstić information content (AvgIpc) is 3.30. The molecule has 1 aromatic carbocycles. The number of methoxy groups -OCH3 is 1. The van der Waals surface area contributed by atoms with Gasteiger partial charge in [0.25, 0.3) is 0 Å². The van der Waals surface area contributed by atoms with Crippen LogP contribution in [-0.4, -0.2) is 65.0 Å².